The second-order valence-corrected chi connectivity index (χ2v) is 7.44. The third-order valence-corrected chi connectivity index (χ3v) is 4.76. The number of aryl methyl sites for hydroxylation is 1. The minimum absolute atomic E-state index is 0.186. The van der Waals surface area contributed by atoms with E-state index in [0.29, 0.717) is 33.8 Å². The van der Waals surface area contributed by atoms with Gasteiger partial charge in [0.1, 0.15) is 5.75 Å². The van der Waals surface area contributed by atoms with Crippen molar-refractivity contribution in [2.45, 2.75) is 27.3 Å². The van der Waals surface area contributed by atoms with Crippen LogP contribution < -0.4 is 15.6 Å². The minimum Gasteiger partial charge on any atom is -0.495 e. The fraction of sp³-hybridized carbons (Fsp3) is 0.286. The van der Waals surface area contributed by atoms with Crippen LogP contribution in [0.2, 0.25) is 5.02 Å². The second kappa shape index (κ2) is 8.02. The minimum atomic E-state index is -0.422. The van der Waals surface area contributed by atoms with Gasteiger partial charge in [-0.3, -0.25) is 9.59 Å². The highest BCUT2D eigenvalue weighted by atomic mass is 35.5. The average molecular weight is 400 g/mol. The van der Waals surface area contributed by atoms with E-state index >= 15 is 0 Å². The molecule has 1 heterocycles. The second-order valence-electron chi connectivity index (χ2n) is 7.03. The summed E-state index contributed by atoms with van der Waals surface area (Å²) in [5, 5.41) is 8.71. The number of hydrogen-bond donors (Lipinski definition) is 1. The lowest BCUT2D eigenvalue weighted by molar-refractivity contribution is 0.102. The topological polar surface area (TPSA) is 73.2 Å². The molecule has 28 heavy (non-hydrogen) atoms. The first kappa shape index (κ1) is 19.9. The van der Waals surface area contributed by atoms with E-state index in [1.54, 1.807) is 36.4 Å². The molecule has 3 aromatic rings. The standard InChI is InChI=1S/C21H22ClN3O3/c1-12(2)11-25-21(27)15-8-6-5-7-14(15)19(24-25)20(26)23-17-9-13(3)16(22)10-18(17)28-4/h5-10,12H,11H2,1-4H3,(H,23,26). The number of carbonyl (C=O) groups is 1. The lowest BCUT2D eigenvalue weighted by atomic mass is 10.1. The number of rotatable bonds is 5. The number of anilines is 1. The number of amides is 1. The molecule has 6 nitrogen and oxygen atoms in total. The van der Waals surface area contributed by atoms with E-state index in [1.165, 1.54) is 11.8 Å². The predicted molar refractivity (Wildman–Crippen MR) is 112 cm³/mol. The van der Waals surface area contributed by atoms with Gasteiger partial charge >= 0.3 is 0 Å². The molecule has 0 atom stereocenters. The van der Waals surface area contributed by atoms with E-state index in [9.17, 15) is 9.59 Å². The first-order valence-electron chi connectivity index (χ1n) is 8.97. The fourth-order valence-corrected chi connectivity index (χ4v) is 3.14. The van der Waals surface area contributed by atoms with E-state index in [1.807, 2.05) is 20.8 Å². The Balaban J connectivity index is 2.11. The van der Waals surface area contributed by atoms with Crippen LogP contribution >= 0.6 is 11.6 Å². The molecule has 2 aromatic carbocycles. The summed E-state index contributed by atoms with van der Waals surface area (Å²) in [6.07, 6.45) is 0. The number of fused-ring (bicyclic) bond motifs is 1. The van der Waals surface area contributed by atoms with Crippen LogP contribution in [0.4, 0.5) is 5.69 Å². The third-order valence-electron chi connectivity index (χ3n) is 4.35. The zero-order valence-electron chi connectivity index (χ0n) is 16.2. The monoisotopic (exact) mass is 399 g/mol. The van der Waals surface area contributed by atoms with Gasteiger partial charge in [-0.1, -0.05) is 43.6 Å². The molecule has 0 aliphatic heterocycles. The molecule has 146 valence electrons. The predicted octanol–water partition coefficient (Wildman–Crippen LogP) is 4.28. The average Bonchev–Trinajstić information content (AvgIpc) is 2.66. The summed E-state index contributed by atoms with van der Waals surface area (Å²) in [5.74, 6) is 0.235. The summed E-state index contributed by atoms with van der Waals surface area (Å²) >= 11 is 6.14. The molecule has 1 amide bonds. The molecule has 1 aromatic heterocycles. The van der Waals surface area contributed by atoms with Crippen molar-refractivity contribution in [3.8, 4) is 5.75 Å². The first-order valence-corrected chi connectivity index (χ1v) is 9.35. The summed E-state index contributed by atoms with van der Waals surface area (Å²) in [4.78, 5) is 25.8. The van der Waals surface area contributed by atoms with Crippen LogP contribution in [0, 0.1) is 12.8 Å². The van der Waals surface area contributed by atoms with E-state index in [4.69, 9.17) is 16.3 Å². The van der Waals surface area contributed by atoms with Crippen molar-refractivity contribution < 1.29 is 9.53 Å². The summed E-state index contributed by atoms with van der Waals surface area (Å²) < 4.78 is 6.68. The maximum atomic E-state index is 13.1. The molecule has 0 fully saturated rings. The number of hydrogen-bond acceptors (Lipinski definition) is 4. The molecule has 0 radical (unpaired) electrons. The Hall–Kier alpha value is -2.86. The molecular formula is C21H22ClN3O3. The SMILES string of the molecule is COc1cc(Cl)c(C)cc1NC(=O)c1nn(CC(C)C)c(=O)c2ccccc12. The van der Waals surface area contributed by atoms with Crippen molar-refractivity contribution in [3.05, 3.63) is 63.0 Å². The van der Waals surface area contributed by atoms with Crippen molar-refractivity contribution in [1.82, 2.24) is 9.78 Å². The number of ether oxygens (including phenoxy) is 1. The van der Waals surface area contributed by atoms with Crippen molar-refractivity contribution in [2.24, 2.45) is 5.92 Å². The Morgan fingerprint density at radius 1 is 1.25 bits per heavy atom. The smallest absolute Gasteiger partial charge is 0.276 e. The van der Waals surface area contributed by atoms with Gasteiger partial charge in [-0.05, 0) is 30.5 Å². The van der Waals surface area contributed by atoms with Gasteiger partial charge in [-0.2, -0.15) is 5.10 Å². The van der Waals surface area contributed by atoms with Crippen LogP contribution in [0.1, 0.15) is 29.9 Å². The van der Waals surface area contributed by atoms with Gasteiger partial charge in [-0.25, -0.2) is 4.68 Å². The van der Waals surface area contributed by atoms with Crippen molar-refractivity contribution in [2.75, 3.05) is 12.4 Å². The van der Waals surface area contributed by atoms with Gasteiger partial charge in [-0.15, -0.1) is 0 Å². The quantitative estimate of drug-likeness (QED) is 0.695. The molecule has 1 N–H and O–H groups in total. The highest BCUT2D eigenvalue weighted by Gasteiger charge is 2.19. The highest BCUT2D eigenvalue weighted by molar-refractivity contribution is 6.31. The molecule has 0 spiro atoms. The molecule has 3 rings (SSSR count). The number of nitrogens with one attached hydrogen (secondary N) is 1. The Labute approximate surface area is 168 Å². The van der Waals surface area contributed by atoms with Gasteiger partial charge in [0.15, 0.2) is 5.69 Å². The van der Waals surface area contributed by atoms with Crippen LogP contribution in [-0.2, 0) is 6.54 Å². The number of halogens is 1. The van der Waals surface area contributed by atoms with Gasteiger partial charge in [0, 0.05) is 23.0 Å². The molecule has 7 heteroatoms. The number of benzene rings is 2. The van der Waals surface area contributed by atoms with Crippen LogP contribution in [0.25, 0.3) is 10.8 Å². The molecular weight excluding hydrogens is 378 g/mol. The van der Waals surface area contributed by atoms with Crippen LogP contribution in [-0.4, -0.2) is 22.8 Å². The van der Waals surface area contributed by atoms with Crippen molar-refractivity contribution >= 4 is 34.0 Å². The van der Waals surface area contributed by atoms with E-state index < -0.39 is 5.91 Å². The number of nitrogens with zero attached hydrogens (tertiary/aromatic N) is 2. The highest BCUT2D eigenvalue weighted by Crippen LogP contribution is 2.31. The molecule has 0 bridgehead atoms. The lowest BCUT2D eigenvalue weighted by Gasteiger charge is -2.14. The normalized spacial score (nSPS) is 11.1. The van der Waals surface area contributed by atoms with E-state index in [0.717, 1.165) is 5.56 Å². The maximum absolute atomic E-state index is 13.1. The largest absolute Gasteiger partial charge is 0.495 e. The zero-order chi connectivity index (χ0) is 20.4. The Morgan fingerprint density at radius 3 is 2.57 bits per heavy atom. The zero-order valence-corrected chi connectivity index (χ0v) is 17.0. The van der Waals surface area contributed by atoms with Gasteiger partial charge < -0.3 is 10.1 Å². The van der Waals surface area contributed by atoms with E-state index in [2.05, 4.69) is 10.4 Å². The Morgan fingerprint density at radius 2 is 1.93 bits per heavy atom. The number of methoxy groups -OCH3 is 1. The molecule has 0 saturated carbocycles. The van der Waals surface area contributed by atoms with Gasteiger partial charge in [0.25, 0.3) is 11.5 Å². The van der Waals surface area contributed by atoms with E-state index in [-0.39, 0.29) is 17.2 Å². The lowest BCUT2D eigenvalue weighted by Crippen LogP contribution is -2.29. The third kappa shape index (κ3) is 3.87. The summed E-state index contributed by atoms with van der Waals surface area (Å²) in [6.45, 7) is 6.25. The molecule has 0 saturated heterocycles. The number of aromatic nitrogens is 2. The molecule has 0 aliphatic rings. The Bertz CT molecular complexity index is 1110. The maximum Gasteiger partial charge on any atom is 0.276 e. The van der Waals surface area contributed by atoms with Gasteiger partial charge in [0.05, 0.1) is 18.2 Å². The summed E-state index contributed by atoms with van der Waals surface area (Å²) in [5.41, 5.74) is 1.27. The molecule has 0 aliphatic carbocycles. The van der Waals surface area contributed by atoms with Crippen LogP contribution in [0.5, 0.6) is 5.75 Å². The van der Waals surface area contributed by atoms with Crippen molar-refractivity contribution in [1.29, 1.82) is 0 Å². The summed E-state index contributed by atoms with van der Waals surface area (Å²) in [7, 11) is 1.51. The van der Waals surface area contributed by atoms with Crippen LogP contribution in [0.15, 0.2) is 41.2 Å². The fourth-order valence-electron chi connectivity index (χ4n) is 2.98. The van der Waals surface area contributed by atoms with Crippen LogP contribution in [0.3, 0.4) is 0 Å². The van der Waals surface area contributed by atoms with Gasteiger partial charge in [0.2, 0.25) is 0 Å². The first-order chi connectivity index (χ1) is 13.3. The number of carbonyl (C=O) groups excluding carboxylic acids is 1. The Kier molecular flexibility index (Phi) is 5.70. The van der Waals surface area contributed by atoms with Crippen molar-refractivity contribution in [3.63, 3.8) is 0 Å². The molecule has 0 unspecified atom stereocenters. The summed E-state index contributed by atoms with van der Waals surface area (Å²) in [6, 6.07) is 10.4.